The largest absolute Gasteiger partial charge is 0.361 e. The summed E-state index contributed by atoms with van der Waals surface area (Å²) in [5.74, 6) is 0. The predicted octanol–water partition coefficient (Wildman–Crippen LogP) is 2.93. The zero-order valence-corrected chi connectivity index (χ0v) is 15.9. The minimum absolute atomic E-state index is 0.777. The predicted molar refractivity (Wildman–Crippen MR) is 105 cm³/mol. The van der Waals surface area contributed by atoms with Gasteiger partial charge in [0.25, 0.3) is 0 Å². The van der Waals surface area contributed by atoms with Gasteiger partial charge in [-0.05, 0) is 50.6 Å². The SMILES string of the molecule is CCCCCN[C@@H](O)Nc1cccc(N[C@@H](O)NCCCCC)c1C. The lowest BCUT2D eigenvalue weighted by molar-refractivity contribution is 0.164. The fourth-order valence-electron chi connectivity index (χ4n) is 2.57. The van der Waals surface area contributed by atoms with Gasteiger partial charge in [-0.1, -0.05) is 45.6 Å². The second-order valence-corrected chi connectivity index (χ2v) is 6.39. The van der Waals surface area contributed by atoms with Gasteiger partial charge in [-0.15, -0.1) is 0 Å². The van der Waals surface area contributed by atoms with Gasteiger partial charge < -0.3 is 20.8 Å². The first-order chi connectivity index (χ1) is 12.1. The summed E-state index contributed by atoms with van der Waals surface area (Å²) in [4.78, 5) is 0. The number of nitrogens with one attached hydrogen (secondary N) is 4. The summed E-state index contributed by atoms with van der Waals surface area (Å²) in [5.41, 5.74) is 2.61. The number of benzene rings is 1. The van der Waals surface area contributed by atoms with Crippen LogP contribution in [-0.4, -0.2) is 36.0 Å². The van der Waals surface area contributed by atoms with E-state index in [0.29, 0.717) is 0 Å². The molecule has 0 amide bonds. The van der Waals surface area contributed by atoms with E-state index in [1.165, 1.54) is 0 Å². The first-order valence-electron chi connectivity index (χ1n) is 9.54. The second-order valence-electron chi connectivity index (χ2n) is 6.39. The van der Waals surface area contributed by atoms with Crippen LogP contribution in [0, 0.1) is 6.92 Å². The summed E-state index contributed by atoms with van der Waals surface area (Å²) in [7, 11) is 0. The highest BCUT2D eigenvalue weighted by Crippen LogP contribution is 2.23. The van der Waals surface area contributed by atoms with Crippen LogP contribution in [0.5, 0.6) is 0 Å². The zero-order valence-electron chi connectivity index (χ0n) is 15.9. The molecular formula is C19H36N4O2. The molecule has 0 saturated heterocycles. The van der Waals surface area contributed by atoms with E-state index in [1.807, 2.05) is 25.1 Å². The summed E-state index contributed by atoms with van der Waals surface area (Å²) >= 11 is 0. The van der Waals surface area contributed by atoms with Crippen molar-refractivity contribution in [1.29, 1.82) is 0 Å². The zero-order chi connectivity index (χ0) is 18.5. The molecule has 6 nitrogen and oxygen atoms in total. The number of aliphatic hydroxyl groups excluding tert-OH is 2. The molecule has 2 atom stereocenters. The van der Waals surface area contributed by atoms with E-state index in [0.717, 1.165) is 68.6 Å². The van der Waals surface area contributed by atoms with Crippen molar-refractivity contribution in [3.63, 3.8) is 0 Å². The summed E-state index contributed by atoms with van der Waals surface area (Å²) in [6.45, 7) is 7.82. The summed E-state index contributed by atoms with van der Waals surface area (Å²) in [5, 5.41) is 32.4. The van der Waals surface area contributed by atoms with E-state index in [1.54, 1.807) is 0 Å². The molecule has 0 fully saturated rings. The van der Waals surface area contributed by atoms with Crippen LogP contribution in [0.2, 0.25) is 0 Å². The molecule has 1 aromatic carbocycles. The number of hydrogen-bond donors (Lipinski definition) is 6. The Balaban J connectivity index is 2.48. The molecule has 0 spiro atoms. The molecule has 0 saturated carbocycles. The minimum Gasteiger partial charge on any atom is -0.361 e. The highest BCUT2D eigenvalue weighted by molar-refractivity contribution is 5.65. The quantitative estimate of drug-likeness (QED) is 0.228. The van der Waals surface area contributed by atoms with Gasteiger partial charge in [0.05, 0.1) is 0 Å². The third-order valence-corrected chi connectivity index (χ3v) is 4.15. The van der Waals surface area contributed by atoms with Crippen LogP contribution in [0.3, 0.4) is 0 Å². The van der Waals surface area contributed by atoms with E-state index in [9.17, 15) is 10.2 Å². The molecule has 0 unspecified atom stereocenters. The Morgan fingerprint density at radius 3 is 1.64 bits per heavy atom. The van der Waals surface area contributed by atoms with Crippen LogP contribution in [0.25, 0.3) is 0 Å². The lowest BCUT2D eigenvalue weighted by atomic mass is 10.1. The number of aliphatic hydroxyl groups is 2. The number of anilines is 2. The molecule has 0 bridgehead atoms. The number of rotatable bonds is 14. The van der Waals surface area contributed by atoms with E-state index >= 15 is 0 Å². The van der Waals surface area contributed by atoms with Crippen molar-refractivity contribution in [2.24, 2.45) is 0 Å². The molecular weight excluding hydrogens is 316 g/mol. The van der Waals surface area contributed by atoms with Crippen LogP contribution in [0.4, 0.5) is 11.4 Å². The van der Waals surface area contributed by atoms with Gasteiger partial charge in [0, 0.05) is 11.4 Å². The molecule has 0 heterocycles. The smallest absolute Gasteiger partial charge is 0.181 e. The maximum Gasteiger partial charge on any atom is 0.181 e. The van der Waals surface area contributed by atoms with Gasteiger partial charge >= 0.3 is 0 Å². The molecule has 0 radical (unpaired) electrons. The van der Waals surface area contributed by atoms with E-state index < -0.39 is 12.7 Å². The summed E-state index contributed by atoms with van der Waals surface area (Å²) in [6, 6.07) is 5.72. The molecule has 0 aliphatic carbocycles. The maximum atomic E-state index is 10.1. The topological polar surface area (TPSA) is 88.6 Å². The third kappa shape index (κ3) is 9.07. The van der Waals surface area contributed by atoms with Gasteiger partial charge in [-0.2, -0.15) is 0 Å². The Morgan fingerprint density at radius 2 is 1.24 bits per heavy atom. The van der Waals surface area contributed by atoms with Gasteiger partial charge in [-0.3, -0.25) is 10.6 Å². The monoisotopic (exact) mass is 352 g/mol. The highest BCUT2D eigenvalue weighted by Gasteiger charge is 2.10. The van der Waals surface area contributed by atoms with Crippen LogP contribution >= 0.6 is 0 Å². The molecule has 6 N–H and O–H groups in total. The first kappa shape index (κ1) is 21.7. The Bertz CT molecular complexity index is 432. The van der Waals surface area contributed by atoms with Gasteiger partial charge in [0.15, 0.2) is 12.7 Å². The Hall–Kier alpha value is -1.34. The maximum absolute atomic E-state index is 10.1. The standard InChI is InChI=1S/C19H36N4O2/c1-4-6-8-13-20-18(24)22-16-11-10-12-17(15(16)3)23-19(25)21-14-9-7-5-2/h10-12,18-25H,4-9,13-14H2,1-3H3/t18-,19+. The molecule has 1 rings (SSSR count). The Labute approximate surface area is 152 Å². The van der Waals surface area contributed by atoms with Gasteiger partial charge in [-0.25, -0.2) is 0 Å². The van der Waals surface area contributed by atoms with E-state index in [2.05, 4.69) is 35.1 Å². The molecule has 144 valence electrons. The fourth-order valence-corrected chi connectivity index (χ4v) is 2.57. The minimum atomic E-state index is -0.789. The highest BCUT2D eigenvalue weighted by atomic mass is 16.3. The van der Waals surface area contributed by atoms with Crippen molar-refractivity contribution in [2.45, 2.75) is 72.0 Å². The average Bonchev–Trinajstić information content (AvgIpc) is 2.59. The molecule has 0 aromatic heterocycles. The van der Waals surface area contributed by atoms with Gasteiger partial charge in [0.2, 0.25) is 0 Å². The summed E-state index contributed by atoms with van der Waals surface area (Å²) < 4.78 is 0. The lowest BCUT2D eigenvalue weighted by Gasteiger charge is -2.21. The molecule has 0 aliphatic rings. The lowest BCUT2D eigenvalue weighted by Crippen LogP contribution is -2.37. The summed E-state index contributed by atoms with van der Waals surface area (Å²) in [6.07, 6.45) is 5.14. The van der Waals surface area contributed by atoms with E-state index in [-0.39, 0.29) is 0 Å². The fraction of sp³-hybridized carbons (Fsp3) is 0.684. The van der Waals surface area contributed by atoms with Gasteiger partial charge in [0.1, 0.15) is 0 Å². The van der Waals surface area contributed by atoms with Crippen LogP contribution < -0.4 is 21.3 Å². The normalized spacial score (nSPS) is 13.5. The average molecular weight is 353 g/mol. The Morgan fingerprint density at radius 1 is 0.800 bits per heavy atom. The Kier molecular flexibility index (Phi) is 11.2. The van der Waals surface area contributed by atoms with Crippen molar-refractivity contribution in [3.8, 4) is 0 Å². The molecule has 25 heavy (non-hydrogen) atoms. The number of unbranched alkanes of at least 4 members (excludes halogenated alkanes) is 4. The van der Waals surface area contributed by atoms with Crippen LogP contribution in [-0.2, 0) is 0 Å². The van der Waals surface area contributed by atoms with Crippen molar-refractivity contribution in [2.75, 3.05) is 23.7 Å². The van der Waals surface area contributed by atoms with Crippen molar-refractivity contribution in [1.82, 2.24) is 10.6 Å². The molecule has 1 aromatic rings. The van der Waals surface area contributed by atoms with Crippen LogP contribution in [0.1, 0.15) is 57.9 Å². The van der Waals surface area contributed by atoms with Crippen molar-refractivity contribution >= 4 is 11.4 Å². The van der Waals surface area contributed by atoms with Crippen molar-refractivity contribution < 1.29 is 10.2 Å². The first-order valence-corrected chi connectivity index (χ1v) is 9.54. The van der Waals surface area contributed by atoms with E-state index in [4.69, 9.17) is 0 Å². The van der Waals surface area contributed by atoms with Crippen LogP contribution in [0.15, 0.2) is 18.2 Å². The third-order valence-electron chi connectivity index (χ3n) is 4.15. The van der Waals surface area contributed by atoms with Crippen molar-refractivity contribution in [3.05, 3.63) is 23.8 Å². The second kappa shape index (κ2) is 12.9. The molecule has 0 aliphatic heterocycles. The molecule has 6 heteroatoms. The number of hydrogen-bond acceptors (Lipinski definition) is 6.